The Kier molecular flexibility index (Phi) is 5.25. The van der Waals surface area contributed by atoms with Crippen molar-refractivity contribution in [2.45, 2.75) is 11.0 Å². The Balaban J connectivity index is 2.68. The van der Waals surface area contributed by atoms with Crippen LogP contribution >= 0.6 is 22.6 Å². The predicted octanol–water partition coefficient (Wildman–Crippen LogP) is 0.776. The van der Waals surface area contributed by atoms with Gasteiger partial charge in [0.15, 0.2) is 0 Å². The Labute approximate surface area is 57.0 Å². The highest BCUT2D eigenvalue weighted by atomic mass is 127. The molecule has 0 aliphatic carbocycles. The zero-order valence-corrected chi connectivity index (χ0v) is 6.38. The summed E-state index contributed by atoms with van der Waals surface area (Å²) in [6.45, 7) is 3.02. The molecular weight excluding hydrogens is 207 g/mol. The van der Waals surface area contributed by atoms with Crippen molar-refractivity contribution < 1.29 is 9.84 Å². The normalized spacial score (nSPS) is 14.1. The molecule has 7 heavy (non-hydrogen) atoms. The van der Waals surface area contributed by atoms with Crippen LogP contribution in [0.1, 0.15) is 6.92 Å². The quantitative estimate of drug-likeness (QED) is 0.557. The lowest BCUT2D eigenvalue weighted by Crippen LogP contribution is -2.05. The minimum Gasteiger partial charge on any atom is -0.380 e. The molecule has 0 aliphatic rings. The first kappa shape index (κ1) is 7.65. The average Bonchev–Trinajstić information content (AvgIpc) is 1.61. The molecule has 3 heteroatoms. The minimum atomic E-state index is -0.349. The zero-order valence-electron chi connectivity index (χ0n) is 4.22. The Morgan fingerprint density at radius 1 is 1.86 bits per heavy atom. The van der Waals surface area contributed by atoms with Crippen molar-refractivity contribution in [3.05, 3.63) is 0 Å². The van der Waals surface area contributed by atoms with Gasteiger partial charge in [-0.1, -0.05) is 0 Å². The van der Waals surface area contributed by atoms with E-state index in [-0.39, 0.29) is 4.11 Å². The molecular formula is C4H9IO2. The summed E-state index contributed by atoms with van der Waals surface area (Å²) in [4.78, 5) is 0. The van der Waals surface area contributed by atoms with Gasteiger partial charge < -0.3 is 9.84 Å². The molecule has 0 amide bonds. The standard InChI is InChI=1S/C4H9IO2/c1-2-7-3-4(5)6/h4,6H,2-3H2,1H3. The number of rotatable bonds is 3. The van der Waals surface area contributed by atoms with Crippen molar-refractivity contribution in [1.29, 1.82) is 0 Å². The second-order valence-electron chi connectivity index (χ2n) is 1.09. The fourth-order valence-electron chi connectivity index (χ4n) is 0.215. The van der Waals surface area contributed by atoms with Crippen LogP contribution in [0, 0.1) is 0 Å². The van der Waals surface area contributed by atoms with E-state index in [0.717, 1.165) is 0 Å². The Hall–Kier alpha value is 0.650. The van der Waals surface area contributed by atoms with Gasteiger partial charge in [0.2, 0.25) is 0 Å². The minimum absolute atomic E-state index is 0.349. The molecule has 0 heterocycles. The van der Waals surface area contributed by atoms with E-state index in [1.54, 1.807) is 0 Å². The molecule has 0 rings (SSSR count). The lowest BCUT2D eigenvalue weighted by Gasteiger charge is -1.99. The zero-order chi connectivity index (χ0) is 5.70. The van der Waals surface area contributed by atoms with Gasteiger partial charge in [0.25, 0.3) is 0 Å². The summed E-state index contributed by atoms with van der Waals surface area (Å²) in [7, 11) is 0. The van der Waals surface area contributed by atoms with Crippen LogP contribution in [0.25, 0.3) is 0 Å². The van der Waals surface area contributed by atoms with Crippen molar-refractivity contribution in [1.82, 2.24) is 0 Å². The second-order valence-corrected chi connectivity index (χ2v) is 2.53. The van der Waals surface area contributed by atoms with E-state index in [1.807, 2.05) is 29.5 Å². The summed E-state index contributed by atoms with van der Waals surface area (Å²) in [6, 6.07) is 0. The van der Waals surface area contributed by atoms with Crippen LogP contribution in [0.15, 0.2) is 0 Å². The van der Waals surface area contributed by atoms with Crippen LogP contribution in [-0.4, -0.2) is 22.4 Å². The molecule has 1 unspecified atom stereocenters. The average molecular weight is 216 g/mol. The van der Waals surface area contributed by atoms with Gasteiger partial charge in [-0.2, -0.15) is 0 Å². The molecule has 0 aromatic rings. The summed E-state index contributed by atoms with van der Waals surface area (Å²) < 4.78 is 4.49. The van der Waals surface area contributed by atoms with Gasteiger partial charge in [-0.25, -0.2) is 0 Å². The first-order chi connectivity index (χ1) is 3.27. The molecule has 0 saturated carbocycles. The van der Waals surface area contributed by atoms with Gasteiger partial charge >= 0.3 is 0 Å². The number of alkyl halides is 1. The lowest BCUT2D eigenvalue weighted by atomic mass is 10.7. The molecule has 0 aromatic carbocycles. The van der Waals surface area contributed by atoms with E-state index in [4.69, 9.17) is 9.84 Å². The van der Waals surface area contributed by atoms with Crippen LogP contribution in [-0.2, 0) is 4.74 Å². The van der Waals surface area contributed by atoms with E-state index in [2.05, 4.69) is 0 Å². The maximum absolute atomic E-state index is 8.55. The van der Waals surface area contributed by atoms with Crippen LogP contribution in [0.3, 0.4) is 0 Å². The molecule has 0 spiro atoms. The molecule has 2 nitrogen and oxygen atoms in total. The smallest absolute Gasteiger partial charge is 0.128 e. The molecule has 0 aliphatic heterocycles. The number of hydrogen-bond donors (Lipinski definition) is 1. The third kappa shape index (κ3) is 6.65. The summed E-state index contributed by atoms with van der Waals surface area (Å²) >= 11 is 1.90. The third-order valence-electron chi connectivity index (χ3n) is 0.460. The van der Waals surface area contributed by atoms with E-state index >= 15 is 0 Å². The summed E-state index contributed by atoms with van der Waals surface area (Å²) in [5.74, 6) is 0. The van der Waals surface area contributed by atoms with Crippen molar-refractivity contribution in [3.8, 4) is 0 Å². The number of halogens is 1. The summed E-state index contributed by atoms with van der Waals surface area (Å²) in [6.07, 6.45) is 0. The maximum Gasteiger partial charge on any atom is 0.128 e. The third-order valence-corrected chi connectivity index (χ3v) is 0.819. The molecule has 44 valence electrons. The van der Waals surface area contributed by atoms with Gasteiger partial charge in [-0.05, 0) is 29.5 Å². The van der Waals surface area contributed by atoms with Crippen LogP contribution < -0.4 is 0 Å². The van der Waals surface area contributed by atoms with Crippen molar-refractivity contribution in [2.75, 3.05) is 13.2 Å². The highest BCUT2D eigenvalue weighted by Gasteiger charge is 1.92. The highest BCUT2D eigenvalue weighted by Crippen LogP contribution is 1.93. The summed E-state index contributed by atoms with van der Waals surface area (Å²) in [5.41, 5.74) is 0. The Morgan fingerprint density at radius 3 is 2.57 bits per heavy atom. The predicted molar refractivity (Wildman–Crippen MR) is 36.5 cm³/mol. The second kappa shape index (κ2) is 4.80. The fourth-order valence-corrected chi connectivity index (χ4v) is 0.469. The molecule has 0 radical (unpaired) electrons. The van der Waals surface area contributed by atoms with Gasteiger partial charge in [-0.15, -0.1) is 0 Å². The van der Waals surface area contributed by atoms with Crippen LogP contribution in [0.4, 0.5) is 0 Å². The number of ether oxygens (including phenoxy) is 1. The SMILES string of the molecule is CCOCC(O)I. The van der Waals surface area contributed by atoms with E-state index in [9.17, 15) is 0 Å². The van der Waals surface area contributed by atoms with Crippen molar-refractivity contribution in [2.24, 2.45) is 0 Å². The van der Waals surface area contributed by atoms with E-state index < -0.39 is 0 Å². The molecule has 0 aromatic heterocycles. The first-order valence-electron chi connectivity index (χ1n) is 2.17. The Morgan fingerprint density at radius 2 is 2.43 bits per heavy atom. The Bertz CT molecular complexity index is 38.7. The molecule has 0 saturated heterocycles. The topological polar surface area (TPSA) is 29.5 Å². The largest absolute Gasteiger partial charge is 0.380 e. The first-order valence-corrected chi connectivity index (χ1v) is 3.41. The molecule has 0 fully saturated rings. The number of aliphatic hydroxyl groups excluding tert-OH is 1. The molecule has 1 N–H and O–H groups in total. The van der Waals surface area contributed by atoms with E-state index in [0.29, 0.717) is 13.2 Å². The van der Waals surface area contributed by atoms with Gasteiger partial charge in [0.05, 0.1) is 6.61 Å². The van der Waals surface area contributed by atoms with E-state index in [1.165, 1.54) is 0 Å². The molecule has 0 bridgehead atoms. The van der Waals surface area contributed by atoms with Crippen LogP contribution in [0.2, 0.25) is 0 Å². The monoisotopic (exact) mass is 216 g/mol. The van der Waals surface area contributed by atoms with Crippen molar-refractivity contribution in [3.63, 3.8) is 0 Å². The number of aliphatic hydroxyl groups is 1. The highest BCUT2D eigenvalue weighted by molar-refractivity contribution is 14.1. The number of hydrogen-bond acceptors (Lipinski definition) is 2. The van der Waals surface area contributed by atoms with Gasteiger partial charge in [-0.3, -0.25) is 0 Å². The molecule has 1 atom stereocenters. The van der Waals surface area contributed by atoms with Crippen LogP contribution in [0.5, 0.6) is 0 Å². The lowest BCUT2D eigenvalue weighted by molar-refractivity contribution is 0.0929. The summed E-state index contributed by atoms with van der Waals surface area (Å²) in [5, 5.41) is 8.55. The maximum atomic E-state index is 8.55. The van der Waals surface area contributed by atoms with Gasteiger partial charge in [0, 0.05) is 6.61 Å². The van der Waals surface area contributed by atoms with Gasteiger partial charge in [0.1, 0.15) is 4.11 Å². The fraction of sp³-hybridized carbons (Fsp3) is 1.00. The van der Waals surface area contributed by atoms with Crippen molar-refractivity contribution >= 4 is 22.6 Å².